The van der Waals surface area contributed by atoms with Crippen molar-refractivity contribution in [1.29, 1.82) is 0 Å². The molecule has 1 rings (SSSR count). The van der Waals surface area contributed by atoms with Crippen LogP contribution in [-0.4, -0.2) is 33.1 Å². The van der Waals surface area contributed by atoms with E-state index in [2.05, 4.69) is 9.97 Å². The Labute approximate surface area is 142 Å². The number of hydrogen-bond acceptors (Lipinski definition) is 3. The number of amides is 1. The second kappa shape index (κ2) is 12.0. The van der Waals surface area contributed by atoms with Crippen molar-refractivity contribution < 1.29 is 9.53 Å². The maximum Gasteiger partial charge on any atom is 0.410 e. The summed E-state index contributed by atoms with van der Waals surface area (Å²) in [5.41, 5.74) is 1.53. The second-order valence-corrected chi connectivity index (χ2v) is 5.80. The first-order chi connectivity index (χ1) is 10.7. The molecule has 0 bridgehead atoms. The lowest BCUT2D eigenvalue weighted by Gasteiger charge is -2.26. The molecule has 5 nitrogen and oxygen atoms in total. The van der Waals surface area contributed by atoms with Crippen LogP contribution in [0.3, 0.4) is 0 Å². The number of imidazole rings is 1. The molecule has 1 N–H and O–H groups in total. The maximum absolute atomic E-state index is 12.1. The monoisotopic (exact) mass is 327 g/mol. The number of hydrogen-bond donors (Lipinski definition) is 1. The number of aromatic nitrogens is 2. The standard InChI is InChI=1S/C14H25N3O2.2C2H6/c1-7-8-17(13(18)19-14(4,5)6)9-12-15-10(2)11(3)16-12;2*1-2/h7-9H2,1-6H3,(H,15,16);2*1-2H3. The predicted octanol–water partition coefficient (Wildman–Crippen LogP) is 5.23. The third kappa shape index (κ3) is 9.97. The first-order valence-electron chi connectivity index (χ1n) is 8.73. The zero-order valence-electron chi connectivity index (χ0n) is 16.8. The van der Waals surface area contributed by atoms with Crippen molar-refractivity contribution in [3.05, 3.63) is 17.2 Å². The highest BCUT2D eigenvalue weighted by molar-refractivity contribution is 5.68. The summed E-state index contributed by atoms with van der Waals surface area (Å²) in [5.74, 6) is 0.800. The highest BCUT2D eigenvalue weighted by Gasteiger charge is 2.22. The minimum Gasteiger partial charge on any atom is -0.444 e. The van der Waals surface area contributed by atoms with Crippen molar-refractivity contribution in [3.8, 4) is 0 Å². The molecule has 0 aromatic carbocycles. The molecule has 0 saturated carbocycles. The Morgan fingerprint density at radius 3 is 2.04 bits per heavy atom. The van der Waals surface area contributed by atoms with Gasteiger partial charge < -0.3 is 14.6 Å². The van der Waals surface area contributed by atoms with E-state index in [4.69, 9.17) is 4.74 Å². The molecule has 1 aromatic rings. The summed E-state index contributed by atoms with van der Waals surface area (Å²) in [6, 6.07) is 0. The van der Waals surface area contributed by atoms with Crippen LogP contribution in [0.15, 0.2) is 0 Å². The largest absolute Gasteiger partial charge is 0.444 e. The zero-order valence-corrected chi connectivity index (χ0v) is 16.8. The van der Waals surface area contributed by atoms with Crippen LogP contribution in [0.5, 0.6) is 0 Å². The Morgan fingerprint density at radius 2 is 1.70 bits per heavy atom. The third-order valence-electron chi connectivity index (χ3n) is 2.66. The Kier molecular flexibility index (Phi) is 12.4. The Hall–Kier alpha value is -1.52. The Bertz CT molecular complexity index is 414. The topological polar surface area (TPSA) is 58.2 Å². The van der Waals surface area contributed by atoms with Crippen LogP contribution in [-0.2, 0) is 11.3 Å². The van der Waals surface area contributed by atoms with Crippen LogP contribution in [0, 0.1) is 13.8 Å². The van der Waals surface area contributed by atoms with E-state index < -0.39 is 5.60 Å². The van der Waals surface area contributed by atoms with Crippen molar-refractivity contribution in [2.75, 3.05) is 6.54 Å². The average Bonchev–Trinajstić information content (AvgIpc) is 2.79. The van der Waals surface area contributed by atoms with E-state index in [1.54, 1.807) is 4.90 Å². The van der Waals surface area contributed by atoms with E-state index >= 15 is 0 Å². The molecule has 0 unspecified atom stereocenters. The van der Waals surface area contributed by atoms with Crippen molar-refractivity contribution in [2.45, 2.75) is 87.8 Å². The lowest BCUT2D eigenvalue weighted by atomic mass is 10.2. The first-order valence-corrected chi connectivity index (χ1v) is 8.73. The van der Waals surface area contributed by atoms with Crippen LogP contribution < -0.4 is 0 Å². The van der Waals surface area contributed by atoms with Crippen molar-refractivity contribution in [1.82, 2.24) is 14.9 Å². The molecular formula is C18H37N3O2. The Morgan fingerprint density at radius 1 is 1.17 bits per heavy atom. The van der Waals surface area contributed by atoms with Gasteiger partial charge in [-0.1, -0.05) is 34.6 Å². The number of aryl methyl sites for hydroxylation is 2. The number of carbonyl (C=O) groups is 1. The molecule has 0 saturated heterocycles. The fraction of sp³-hybridized carbons (Fsp3) is 0.778. The van der Waals surface area contributed by atoms with Gasteiger partial charge in [0.1, 0.15) is 11.4 Å². The van der Waals surface area contributed by atoms with Gasteiger partial charge in [-0.15, -0.1) is 0 Å². The van der Waals surface area contributed by atoms with Gasteiger partial charge >= 0.3 is 6.09 Å². The molecule has 1 aromatic heterocycles. The molecule has 0 spiro atoms. The van der Waals surface area contributed by atoms with E-state index in [9.17, 15) is 4.79 Å². The van der Waals surface area contributed by atoms with Crippen molar-refractivity contribution in [2.24, 2.45) is 0 Å². The van der Waals surface area contributed by atoms with Crippen LogP contribution in [0.25, 0.3) is 0 Å². The van der Waals surface area contributed by atoms with Crippen LogP contribution in [0.2, 0.25) is 0 Å². The van der Waals surface area contributed by atoms with Crippen molar-refractivity contribution >= 4 is 6.09 Å². The van der Waals surface area contributed by atoms with E-state index in [1.807, 2.05) is 69.2 Å². The van der Waals surface area contributed by atoms with Crippen LogP contribution in [0.1, 0.15) is 79.0 Å². The molecule has 5 heteroatoms. The van der Waals surface area contributed by atoms with E-state index in [-0.39, 0.29) is 6.09 Å². The fourth-order valence-corrected chi connectivity index (χ4v) is 1.71. The number of aromatic amines is 1. The minimum absolute atomic E-state index is 0.291. The fourth-order valence-electron chi connectivity index (χ4n) is 1.71. The van der Waals surface area contributed by atoms with Gasteiger partial charge in [0.2, 0.25) is 0 Å². The molecule has 136 valence electrons. The number of H-pyrrole nitrogens is 1. The number of nitrogens with zero attached hydrogens (tertiary/aromatic N) is 2. The SMILES string of the molecule is CC.CC.CCCN(Cc1nc(C)c(C)[nH]1)C(=O)OC(C)(C)C. The van der Waals surface area contributed by atoms with Gasteiger partial charge in [-0.2, -0.15) is 0 Å². The van der Waals surface area contributed by atoms with Gasteiger partial charge in [0.25, 0.3) is 0 Å². The molecular weight excluding hydrogens is 290 g/mol. The molecule has 0 aliphatic carbocycles. The number of rotatable bonds is 4. The number of carbonyl (C=O) groups excluding carboxylic acids is 1. The normalized spacial score (nSPS) is 10.0. The van der Waals surface area contributed by atoms with Crippen molar-refractivity contribution in [3.63, 3.8) is 0 Å². The van der Waals surface area contributed by atoms with Crippen LogP contribution in [0.4, 0.5) is 4.79 Å². The van der Waals surface area contributed by atoms with Gasteiger partial charge in [-0.05, 0) is 41.0 Å². The van der Waals surface area contributed by atoms with Gasteiger partial charge in [0.05, 0.1) is 12.2 Å². The summed E-state index contributed by atoms with van der Waals surface area (Å²) in [7, 11) is 0. The number of nitrogens with one attached hydrogen (secondary N) is 1. The smallest absolute Gasteiger partial charge is 0.410 e. The van der Waals surface area contributed by atoms with E-state index in [0.717, 1.165) is 23.6 Å². The quantitative estimate of drug-likeness (QED) is 0.824. The molecule has 1 heterocycles. The van der Waals surface area contributed by atoms with Crippen LogP contribution >= 0.6 is 0 Å². The minimum atomic E-state index is -0.474. The predicted molar refractivity (Wildman–Crippen MR) is 97.7 cm³/mol. The molecule has 0 radical (unpaired) electrons. The molecule has 0 atom stereocenters. The summed E-state index contributed by atoms with van der Waals surface area (Å²) < 4.78 is 5.41. The summed E-state index contributed by atoms with van der Waals surface area (Å²) in [4.78, 5) is 21.4. The molecule has 23 heavy (non-hydrogen) atoms. The van der Waals surface area contributed by atoms with E-state index in [1.165, 1.54) is 0 Å². The summed E-state index contributed by atoms with van der Waals surface area (Å²) in [5, 5.41) is 0. The molecule has 0 aliphatic heterocycles. The Balaban J connectivity index is 0. The first kappa shape index (κ1) is 23.7. The zero-order chi connectivity index (χ0) is 18.6. The summed E-state index contributed by atoms with van der Waals surface area (Å²) >= 11 is 0. The lowest BCUT2D eigenvalue weighted by Crippen LogP contribution is -2.37. The summed E-state index contributed by atoms with van der Waals surface area (Å²) in [6.45, 7) is 20.7. The third-order valence-corrected chi connectivity index (χ3v) is 2.66. The lowest BCUT2D eigenvalue weighted by molar-refractivity contribution is 0.0229. The molecule has 0 fully saturated rings. The van der Waals surface area contributed by atoms with Gasteiger partial charge in [-0.25, -0.2) is 9.78 Å². The van der Waals surface area contributed by atoms with Gasteiger partial charge in [0.15, 0.2) is 0 Å². The highest BCUT2D eigenvalue weighted by atomic mass is 16.6. The molecule has 1 amide bonds. The molecule has 0 aliphatic rings. The van der Waals surface area contributed by atoms with E-state index in [0.29, 0.717) is 13.1 Å². The van der Waals surface area contributed by atoms with Gasteiger partial charge in [-0.3, -0.25) is 0 Å². The summed E-state index contributed by atoms with van der Waals surface area (Å²) in [6.07, 6.45) is 0.596. The second-order valence-electron chi connectivity index (χ2n) is 5.80. The number of ether oxygens (including phenoxy) is 1. The highest BCUT2D eigenvalue weighted by Crippen LogP contribution is 2.13. The maximum atomic E-state index is 12.1. The van der Waals surface area contributed by atoms with Gasteiger partial charge in [0, 0.05) is 12.2 Å². The average molecular weight is 328 g/mol.